The van der Waals surface area contributed by atoms with Crippen LogP contribution in [0.1, 0.15) is 0 Å². The zero-order chi connectivity index (χ0) is 9.86. The molecule has 0 aromatic carbocycles. The molecule has 6 heteroatoms. The molecule has 0 bridgehead atoms. The van der Waals surface area contributed by atoms with Gasteiger partial charge in [0.1, 0.15) is 0 Å². The zero-order valence-corrected chi connectivity index (χ0v) is 21.5. The maximum absolute atomic E-state index is 3.74. The molecule has 14 heavy (non-hydrogen) atoms. The Balaban J connectivity index is -0.0000000156. The third kappa shape index (κ3) is 353. The zero-order valence-electron chi connectivity index (χ0n) is 9.79. The first-order valence-corrected chi connectivity index (χ1v) is 10.4. The Bertz CT molecular complexity index is 107. The molecular weight excluding hydrogens is 741 g/mol. The normalized spacial score (nSPS) is 6.50. The van der Waals surface area contributed by atoms with E-state index in [1.807, 2.05) is 6.66 Å². The number of rotatable bonds is 0. The first-order chi connectivity index (χ1) is 4.88. The summed E-state index contributed by atoms with van der Waals surface area (Å²) in [5.41, 5.74) is 0. The summed E-state index contributed by atoms with van der Waals surface area (Å²) >= 11 is 0. The van der Waals surface area contributed by atoms with Crippen LogP contribution in [0.4, 0.5) is 0 Å². The van der Waals surface area contributed by atoms with E-state index in [1.54, 1.807) is 0 Å². The van der Waals surface area contributed by atoms with Gasteiger partial charge in [0.2, 0.25) is 0 Å². The fourth-order valence-electron chi connectivity index (χ4n) is 0. The third-order valence-corrected chi connectivity index (χ3v) is 0. The van der Waals surface area contributed by atoms with Crippen LogP contribution < -0.4 is 0 Å². The van der Waals surface area contributed by atoms with Crippen LogP contribution >= 0.6 is 23.3 Å². The van der Waals surface area contributed by atoms with Crippen LogP contribution in [0.3, 0.4) is 0 Å². The minimum atomic E-state index is -0.130. The van der Waals surface area contributed by atoms with Crippen LogP contribution in [0.15, 0.2) is 0 Å². The molecule has 0 radical (unpaired) electrons. The predicted molar refractivity (Wildman–Crippen MR) is 74.5 cm³/mol. The molecule has 0 unspecified atom stereocenters. The van der Waals surface area contributed by atoms with Crippen molar-refractivity contribution in [3.05, 3.63) is 0 Å². The third-order valence-electron chi connectivity index (χ3n) is 0. The van der Waals surface area contributed by atoms with Crippen molar-refractivity contribution in [2.24, 2.45) is 0 Å². The van der Waals surface area contributed by atoms with E-state index < -0.39 is 0 Å². The van der Waals surface area contributed by atoms with Crippen molar-refractivity contribution in [3.63, 3.8) is 0 Å². The Hall–Kier alpha value is 2.83. The van der Waals surface area contributed by atoms with Gasteiger partial charge in [-0.05, 0) is 33.3 Å². The molecular formula is C8H23P3W3. The summed E-state index contributed by atoms with van der Waals surface area (Å²) in [6, 6.07) is 0. The summed E-state index contributed by atoms with van der Waals surface area (Å²) in [4.78, 5) is 0. The fraction of sp³-hybridized carbons (Fsp3) is 0.625. The second kappa shape index (κ2) is 36.0. The van der Waals surface area contributed by atoms with Gasteiger partial charge in [-0.15, -0.1) is 35.9 Å². The quantitative estimate of drug-likeness (QED) is 0.334. The molecule has 0 nitrogen and oxygen atoms in total. The molecule has 0 atom stereocenters. The minimum Gasteiger partial charge on any atom is -0.131 e. The van der Waals surface area contributed by atoms with Crippen molar-refractivity contribution in [1.29, 1.82) is 0 Å². The standard InChI is InChI=1S/2C3H9P.C2H5P.3W/c2*1-4(2)3;1-3-2;;;/h2*4H,1H2,2-3H3;1H2,2H3;;;. The van der Waals surface area contributed by atoms with E-state index in [9.17, 15) is 0 Å². The van der Waals surface area contributed by atoms with Crippen molar-refractivity contribution in [2.45, 2.75) is 0 Å². The molecule has 0 heterocycles. The summed E-state index contributed by atoms with van der Waals surface area (Å²) in [5, 5.41) is 0. The van der Waals surface area contributed by atoms with E-state index >= 15 is 0 Å². The van der Waals surface area contributed by atoms with Crippen molar-refractivity contribution in [1.82, 2.24) is 0 Å². The van der Waals surface area contributed by atoms with Crippen LogP contribution in [-0.4, -0.2) is 52.2 Å². The van der Waals surface area contributed by atoms with Gasteiger partial charge in [-0.25, -0.2) is 0 Å². The maximum atomic E-state index is 3.74. The van der Waals surface area contributed by atoms with E-state index in [2.05, 4.69) is 45.6 Å². The van der Waals surface area contributed by atoms with Gasteiger partial charge in [0, 0.05) is 63.2 Å². The number of hydrogen-bond donors (Lipinski definition) is 0. The van der Waals surface area contributed by atoms with E-state index in [4.69, 9.17) is 0 Å². The van der Waals surface area contributed by atoms with Gasteiger partial charge in [0.05, 0.1) is 0 Å². The molecule has 0 rings (SSSR count). The largest absolute Gasteiger partial charge is 0.131 e. The van der Waals surface area contributed by atoms with Crippen LogP contribution in [0, 0.1) is 0 Å². The monoisotopic (exact) mass is 764 g/mol. The SMILES string of the molecule is C=PC.C=[PH](C)C.C=[PH](C)C.[W].[W].[W]. The fourth-order valence-corrected chi connectivity index (χ4v) is 0. The van der Waals surface area contributed by atoms with Gasteiger partial charge < -0.3 is 0 Å². The molecule has 0 saturated carbocycles. The molecule has 0 aliphatic heterocycles. The molecule has 0 aromatic rings. The van der Waals surface area contributed by atoms with E-state index in [0.29, 0.717) is 0 Å². The molecule has 0 aliphatic carbocycles. The molecule has 0 amide bonds. The van der Waals surface area contributed by atoms with E-state index in [0.717, 1.165) is 0 Å². The van der Waals surface area contributed by atoms with Crippen LogP contribution in [0.25, 0.3) is 0 Å². The predicted octanol–water partition coefficient (Wildman–Crippen LogP) is 2.77. The Labute approximate surface area is 137 Å². The summed E-state index contributed by atoms with van der Waals surface area (Å²) in [6.45, 7) is 10.6. The maximum Gasteiger partial charge on any atom is 0 e. The van der Waals surface area contributed by atoms with Crippen LogP contribution in [0.2, 0.25) is 0 Å². The Kier molecular flexibility index (Phi) is 92.5. The first-order valence-electron chi connectivity index (χ1n) is 3.47. The first kappa shape index (κ1) is 36.0. The van der Waals surface area contributed by atoms with Crippen LogP contribution in [-0.2, 0) is 63.2 Å². The average molecular weight is 764 g/mol. The van der Waals surface area contributed by atoms with Crippen molar-refractivity contribution in [3.8, 4) is 0 Å². The molecule has 0 saturated heterocycles. The van der Waals surface area contributed by atoms with Gasteiger partial charge in [0.25, 0.3) is 0 Å². The van der Waals surface area contributed by atoms with Gasteiger partial charge in [-0.2, -0.15) is 0 Å². The summed E-state index contributed by atoms with van der Waals surface area (Å²) in [6.07, 6.45) is 10.9. The molecule has 0 aromatic heterocycles. The number of hydrogen-bond acceptors (Lipinski definition) is 0. The van der Waals surface area contributed by atoms with Crippen LogP contribution in [0.5, 0.6) is 0 Å². The molecule has 0 N–H and O–H groups in total. The van der Waals surface area contributed by atoms with Crippen molar-refractivity contribution in [2.75, 3.05) is 33.3 Å². The van der Waals surface area contributed by atoms with Gasteiger partial charge in [0.15, 0.2) is 0 Å². The van der Waals surface area contributed by atoms with Gasteiger partial charge in [-0.3, -0.25) is 0 Å². The minimum absolute atomic E-state index is 0. The summed E-state index contributed by atoms with van der Waals surface area (Å²) in [7, 11) is 0.907. The molecule has 0 spiro atoms. The van der Waals surface area contributed by atoms with Crippen molar-refractivity contribution >= 4 is 42.2 Å². The summed E-state index contributed by atoms with van der Waals surface area (Å²) in [5.74, 6) is 0. The Morgan fingerprint density at radius 3 is 0.786 bits per heavy atom. The second-order valence-electron chi connectivity index (χ2n) is 2.73. The smallest absolute Gasteiger partial charge is 0 e. The Morgan fingerprint density at radius 2 is 0.786 bits per heavy atom. The Morgan fingerprint density at radius 1 is 0.786 bits per heavy atom. The second-order valence-corrected chi connectivity index (χ2v) is 8.19. The molecule has 0 fully saturated rings. The topological polar surface area (TPSA) is 0 Å². The van der Waals surface area contributed by atoms with Gasteiger partial charge >= 0.3 is 0 Å². The molecule has 88 valence electrons. The van der Waals surface area contributed by atoms with Gasteiger partial charge in [-0.1, -0.05) is 6.30 Å². The average Bonchev–Trinajstić information content (AvgIpc) is 1.60. The van der Waals surface area contributed by atoms with Crippen molar-refractivity contribution < 1.29 is 63.2 Å². The molecule has 0 aliphatic rings. The van der Waals surface area contributed by atoms with E-state index in [1.165, 1.54) is 8.20 Å². The van der Waals surface area contributed by atoms with E-state index in [-0.39, 0.29) is 78.3 Å². The summed E-state index contributed by atoms with van der Waals surface area (Å²) < 4.78 is 0.